The molecule has 4 rings (SSSR count). The molecular formula is C22H24FN3O4S2. The van der Waals surface area contributed by atoms with Crippen LogP contribution in [0.1, 0.15) is 32.7 Å². The summed E-state index contributed by atoms with van der Waals surface area (Å²) in [5.74, 6) is -1.28. The van der Waals surface area contributed by atoms with Crippen molar-refractivity contribution in [1.82, 2.24) is 8.87 Å². The van der Waals surface area contributed by atoms with Gasteiger partial charge in [-0.05, 0) is 69.2 Å². The quantitative estimate of drug-likeness (QED) is 0.605. The predicted molar refractivity (Wildman–Crippen MR) is 123 cm³/mol. The number of piperidine rings is 1. The molecule has 1 fully saturated rings. The zero-order valence-electron chi connectivity index (χ0n) is 17.7. The van der Waals surface area contributed by atoms with E-state index < -0.39 is 21.8 Å². The number of hydrogen-bond acceptors (Lipinski definition) is 5. The lowest BCUT2D eigenvalue weighted by Gasteiger charge is -2.31. The van der Waals surface area contributed by atoms with Crippen LogP contribution in [0.5, 0.6) is 0 Å². The summed E-state index contributed by atoms with van der Waals surface area (Å²) in [6, 6.07) is 10.1. The molecular weight excluding hydrogens is 453 g/mol. The third-order valence-corrected chi connectivity index (χ3v) is 8.40. The van der Waals surface area contributed by atoms with Crippen LogP contribution < -0.4 is 10.2 Å². The first kappa shape index (κ1) is 22.6. The van der Waals surface area contributed by atoms with E-state index in [1.165, 1.54) is 16.4 Å². The molecule has 1 amide bonds. The summed E-state index contributed by atoms with van der Waals surface area (Å²) in [7, 11) is -3.81. The van der Waals surface area contributed by atoms with E-state index in [2.05, 4.69) is 5.32 Å². The molecule has 0 unspecified atom stereocenters. The van der Waals surface area contributed by atoms with Crippen molar-refractivity contribution in [2.45, 2.75) is 37.6 Å². The number of halogens is 1. The topological polar surface area (TPSA) is 88.5 Å². The van der Waals surface area contributed by atoms with Crippen molar-refractivity contribution in [3.63, 3.8) is 0 Å². The van der Waals surface area contributed by atoms with Crippen LogP contribution in [0.2, 0.25) is 0 Å². The van der Waals surface area contributed by atoms with Gasteiger partial charge in [-0.2, -0.15) is 4.31 Å². The van der Waals surface area contributed by atoms with E-state index in [1.54, 1.807) is 16.7 Å². The van der Waals surface area contributed by atoms with Crippen molar-refractivity contribution in [2.75, 3.05) is 18.4 Å². The number of carbonyl (C=O) groups excluding carboxylic acids is 1. The van der Waals surface area contributed by atoms with Crippen LogP contribution in [0.3, 0.4) is 0 Å². The first-order chi connectivity index (χ1) is 15.2. The highest BCUT2D eigenvalue weighted by molar-refractivity contribution is 7.89. The summed E-state index contributed by atoms with van der Waals surface area (Å²) in [6.45, 7) is 4.26. The number of benzene rings is 2. The summed E-state index contributed by atoms with van der Waals surface area (Å²) in [4.78, 5) is 25.1. The van der Waals surface area contributed by atoms with E-state index in [0.717, 1.165) is 33.7 Å². The highest BCUT2D eigenvalue weighted by Gasteiger charge is 2.33. The van der Waals surface area contributed by atoms with Crippen molar-refractivity contribution in [1.29, 1.82) is 0 Å². The first-order valence-electron chi connectivity index (χ1n) is 10.4. The molecule has 7 nitrogen and oxygen atoms in total. The highest BCUT2D eigenvalue weighted by atomic mass is 32.2. The monoisotopic (exact) mass is 477 g/mol. The summed E-state index contributed by atoms with van der Waals surface area (Å²) < 4.78 is 42.8. The van der Waals surface area contributed by atoms with Gasteiger partial charge in [-0.15, -0.1) is 0 Å². The molecule has 2 aromatic carbocycles. The molecule has 0 aliphatic carbocycles. The first-order valence-corrected chi connectivity index (χ1v) is 12.6. The third kappa shape index (κ3) is 4.35. The zero-order valence-corrected chi connectivity index (χ0v) is 19.4. The number of nitrogens with one attached hydrogen (secondary N) is 1. The van der Waals surface area contributed by atoms with Gasteiger partial charge in [0.15, 0.2) is 0 Å². The van der Waals surface area contributed by atoms with Crippen LogP contribution in [0.15, 0.2) is 52.2 Å². The number of aromatic nitrogens is 1. The normalized spacial score (nSPS) is 17.7. The van der Waals surface area contributed by atoms with Crippen LogP contribution in [0.25, 0.3) is 10.2 Å². The lowest BCUT2D eigenvalue weighted by Crippen LogP contribution is -2.43. The number of fused-ring (bicyclic) bond motifs is 1. The van der Waals surface area contributed by atoms with Gasteiger partial charge in [0.25, 0.3) is 0 Å². The van der Waals surface area contributed by atoms with Crippen LogP contribution in [0.4, 0.5) is 10.1 Å². The Morgan fingerprint density at radius 1 is 1.19 bits per heavy atom. The molecule has 0 radical (unpaired) electrons. The Kier molecular flexibility index (Phi) is 6.19. The minimum atomic E-state index is -3.81. The SMILES string of the molecule is CC(C)n1c(=O)sc2cc(NC(=O)[C@@H]3CCCN(S(=O)(=O)c4ccc(F)cc4)C3)ccc21. The van der Waals surface area contributed by atoms with Crippen molar-refractivity contribution < 1.29 is 17.6 Å². The molecule has 32 heavy (non-hydrogen) atoms. The average Bonchev–Trinajstić information content (AvgIpc) is 3.09. The van der Waals surface area contributed by atoms with Crippen LogP contribution in [0, 0.1) is 11.7 Å². The molecule has 10 heteroatoms. The van der Waals surface area contributed by atoms with Crippen LogP contribution in [-0.2, 0) is 14.8 Å². The Morgan fingerprint density at radius 2 is 1.91 bits per heavy atom. The fourth-order valence-electron chi connectivity index (χ4n) is 3.98. The molecule has 0 spiro atoms. The minimum Gasteiger partial charge on any atom is -0.326 e. The number of thiazole rings is 1. The molecule has 1 aliphatic heterocycles. The molecule has 0 bridgehead atoms. The fraction of sp³-hybridized carbons (Fsp3) is 0.364. The van der Waals surface area contributed by atoms with Gasteiger partial charge >= 0.3 is 4.87 Å². The molecule has 3 aromatic rings. The van der Waals surface area contributed by atoms with Gasteiger partial charge in [-0.1, -0.05) is 11.3 Å². The minimum absolute atomic E-state index is 0.00924. The lowest BCUT2D eigenvalue weighted by atomic mass is 9.98. The van der Waals surface area contributed by atoms with Gasteiger partial charge in [0.1, 0.15) is 5.82 Å². The number of nitrogens with zero attached hydrogens (tertiary/aromatic N) is 2. The Bertz CT molecular complexity index is 1310. The number of carbonyl (C=O) groups is 1. The Balaban J connectivity index is 1.50. The summed E-state index contributed by atoms with van der Waals surface area (Å²) in [5.41, 5.74) is 1.39. The zero-order chi connectivity index (χ0) is 23.0. The van der Waals surface area contributed by atoms with Crippen molar-refractivity contribution in [3.05, 3.63) is 57.9 Å². The number of anilines is 1. The van der Waals surface area contributed by atoms with E-state index in [4.69, 9.17) is 0 Å². The smallest absolute Gasteiger partial charge is 0.308 e. The second-order valence-electron chi connectivity index (χ2n) is 8.16. The van der Waals surface area contributed by atoms with Crippen molar-refractivity contribution >= 4 is 43.2 Å². The predicted octanol–water partition coefficient (Wildman–Crippen LogP) is 3.82. The standard InChI is InChI=1S/C22H24FN3O4S2/c1-14(2)26-19-10-7-17(12-20(19)31-22(26)28)24-21(27)15-4-3-11-25(13-15)32(29,30)18-8-5-16(23)6-9-18/h5-10,12,14-15H,3-4,11,13H2,1-2H3,(H,24,27)/t15-/m1/s1. The Morgan fingerprint density at radius 3 is 2.59 bits per heavy atom. The van der Waals surface area contributed by atoms with E-state index in [9.17, 15) is 22.4 Å². The molecule has 1 atom stereocenters. The molecule has 0 saturated carbocycles. The van der Waals surface area contributed by atoms with Gasteiger partial charge in [0.05, 0.1) is 21.0 Å². The van der Waals surface area contributed by atoms with Crippen LogP contribution in [-0.4, -0.2) is 36.3 Å². The summed E-state index contributed by atoms with van der Waals surface area (Å²) in [6.07, 6.45) is 1.12. The van der Waals surface area contributed by atoms with Crippen LogP contribution >= 0.6 is 11.3 Å². The van der Waals surface area contributed by atoms with Crippen molar-refractivity contribution in [3.8, 4) is 0 Å². The second kappa shape index (κ2) is 8.76. The Hall–Kier alpha value is -2.56. The molecule has 1 aromatic heterocycles. The number of hydrogen-bond donors (Lipinski definition) is 1. The van der Waals surface area contributed by atoms with Gasteiger partial charge in [-0.3, -0.25) is 14.2 Å². The second-order valence-corrected chi connectivity index (χ2v) is 11.1. The Labute approximate surface area is 189 Å². The van der Waals surface area contributed by atoms with Gasteiger partial charge < -0.3 is 5.32 Å². The maximum Gasteiger partial charge on any atom is 0.308 e. The average molecular weight is 478 g/mol. The van der Waals surface area contributed by atoms with Gasteiger partial charge in [0.2, 0.25) is 15.9 Å². The van der Waals surface area contributed by atoms with Crippen molar-refractivity contribution in [2.24, 2.45) is 5.92 Å². The molecule has 1 saturated heterocycles. The maximum atomic E-state index is 13.2. The molecule has 2 heterocycles. The van der Waals surface area contributed by atoms with E-state index >= 15 is 0 Å². The fourth-order valence-corrected chi connectivity index (χ4v) is 6.55. The van der Waals surface area contributed by atoms with Gasteiger partial charge in [0, 0.05) is 24.8 Å². The summed E-state index contributed by atoms with van der Waals surface area (Å²) in [5, 5.41) is 2.87. The van der Waals surface area contributed by atoms with E-state index in [1.807, 2.05) is 19.9 Å². The van der Waals surface area contributed by atoms with E-state index in [-0.39, 0.29) is 28.3 Å². The maximum absolute atomic E-state index is 13.2. The number of rotatable bonds is 5. The van der Waals surface area contributed by atoms with Gasteiger partial charge in [-0.25, -0.2) is 12.8 Å². The number of amides is 1. The largest absolute Gasteiger partial charge is 0.326 e. The summed E-state index contributed by atoms with van der Waals surface area (Å²) >= 11 is 1.13. The molecule has 170 valence electrons. The third-order valence-electron chi connectivity index (χ3n) is 5.60. The molecule has 1 N–H and O–H groups in total. The highest BCUT2D eigenvalue weighted by Crippen LogP contribution is 2.27. The lowest BCUT2D eigenvalue weighted by molar-refractivity contribution is -0.120. The number of sulfonamides is 1. The molecule has 1 aliphatic rings. The van der Waals surface area contributed by atoms with E-state index in [0.29, 0.717) is 25.1 Å².